The third-order valence-electron chi connectivity index (χ3n) is 5.43. The number of amides is 2. The fourth-order valence-electron chi connectivity index (χ4n) is 3.75. The standard InChI is InChI=1S/C24H27N5O4/c1-24(2,3)19-10-6-7-11-20(19)33-15-16(30)14-29-26-21(25-27-29)12-13-28-22(31)17-8-4-5-9-18(17)23(28)32/h4-11,16,30H,12-15H2,1-3H3/t16-/m1/s1. The van der Waals surface area contributed by atoms with Gasteiger partial charge in [-0.2, -0.15) is 4.80 Å². The van der Waals surface area contributed by atoms with Crippen molar-refractivity contribution in [1.29, 1.82) is 0 Å². The summed E-state index contributed by atoms with van der Waals surface area (Å²) in [4.78, 5) is 27.4. The van der Waals surface area contributed by atoms with E-state index in [4.69, 9.17) is 4.74 Å². The summed E-state index contributed by atoms with van der Waals surface area (Å²) in [7, 11) is 0. The van der Waals surface area contributed by atoms with E-state index in [2.05, 4.69) is 36.2 Å². The smallest absolute Gasteiger partial charge is 0.261 e. The first-order valence-electron chi connectivity index (χ1n) is 10.9. The SMILES string of the molecule is CC(C)(C)c1ccccc1OC[C@H](O)Cn1nnc(CCN2C(=O)c3ccccc3C2=O)n1. The average molecular weight is 450 g/mol. The van der Waals surface area contributed by atoms with Gasteiger partial charge in [-0.05, 0) is 34.4 Å². The van der Waals surface area contributed by atoms with Crippen molar-refractivity contribution in [2.45, 2.75) is 45.3 Å². The maximum atomic E-state index is 12.5. The van der Waals surface area contributed by atoms with Crippen LogP contribution in [0.3, 0.4) is 0 Å². The van der Waals surface area contributed by atoms with Gasteiger partial charge >= 0.3 is 0 Å². The molecule has 2 aromatic carbocycles. The van der Waals surface area contributed by atoms with Crippen LogP contribution in [0.5, 0.6) is 5.75 Å². The molecule has 2 amide bonds. The minimum Gasteiger partial charge on any atom is -0.491 e. The zero-order valence-electron chi connectivity index (χ0n) is 18.9. The van der Waals surface area contributed by atoms with Crippen LogP contribution in [0, 0.1) is 0 Å². The van der Waals surface area contributed by atoms with Crippen LogP contribution in [0.25, 0.3) is 0 Å². The van der Waals surface area contributed by atoms with E-state index < -0.39 is 6.10 Å². The van der Waals surface area contributed by atoms with Gasteiger partial charge in [0.2, 0.25) is 0 Å². The van der Waals surface area contributed by atoms with Gasteiger partial charge in [0, 0.05) is 13.0 Å². The topological polar surface area (TPSA) is 110 Å². The Morgan fingerprint density at radius 1 is 1.00 bits per heavy atom. The van der Waals surface area contributed by atoms with Crippen molar-refractivity contribution in [2.75, 3.05) is 13.2 Å². The molecule has 0 saturated heterocycles. The third kappa shape index (κ3) is 4.93. The van der Waals surface area contributed by atoms with E-state index in [1.54, 1.807) is 24.3 Å². The summed E-state index contributed by atoms with van der Waals surface area (Å²) >= 11 is 0. The molecule has 1 atom stereocenters. The molecule has 0 radical (unpaired) electrons. The number of aliphatic hydroxyl groups is 1. The van der Waals surface area contributed by atoms with Gasteiger partial charge in [0.05, 0.1) is 17.7 Å². The Balaban J connectivity index is 1.30. The summed E-state index contributed by atoms with van der Waals surface area (Å²) in [5, 5.41) is 22.6. The second-order valence-corrected chi connectivity index (χ2v) is 9.03. The Hall–Kier alpha value is -3.59. The molecule has 33 heavy (non-hydrogen) atoms. The Morgan fingerprint density at radius 3 is 2.30 bits per heavy atom. The van der Waals surface area contributed by atoms with E-state index in [0.29, 0.717) is 17.0 Å². The summed E-state index contributed by atoms with van der Waals surface area (Å²) in [6.07, 6.45) is -0.562. The second kappa shape index (κ2) is 9.11. The number of ether oxygens (including phenoxy) is 1. The molecule has 2 heterocycles. The van der Waals surface area contributed by atoms with Gasteiger partial charge in [-0.25, -0.2) is 0 Å². The van der Waals surface area contributed by atoms with Crippen LogP contribution in [0.1, 0.15) is 52.9 Å². The normalized spacial score (nSPS) is 14.5. The number of nitrogens with zero attached hydrogens (tertiary/aromatic N) is 5. The molecule has 9 nitrogen and oxygen atoms in total. The predicted molar refractivity (Wildman–Crippen MR) is 120 cm³/mol. The number of imide groups is 1. The number of hydrogen-bond donors (Lipinski definition) is 1. The quantitative estimate of drug-likeness (QED) is 0.525. The summed E-state index contributed by atoms with van der Waals surface area (Å²) in [5.41, 5.74) is 1.81. The highest BCUT2D eigenvalue weighted by Gasteiger charge is 2.34. The highest BCUT2D eigenvalue weighted by Crippen LogP contribution is 2.31. The molecule has 0 spiro atoms. The molecule has 0 aliphatic carbocycles. The monoisotopic (exact) mass is 449 g/mol. The molecule has 1 aromatic heterocycles. The number of carbonyl (C=O) groups is 2. The maximum Gasteiger partial charge on any atom is 0.261 e. The van der Waals surface area contributed by atoms with Gasteiger partial charge < -0.3 is 9.84 Å². The molecule has 1 N–H and O–H groups in total. The van der Waals surface area contributed by atoms with Gasteiger partial charge in [-0.3, -0.25) is 14.5 Å². The van der Waals surface area contributed by atoms with E-state index in [-0.39, 0.29) is 43.3 Å². The molecule has 4 rings (SSSR count). The lowest BCUT2D eigenvalue weighted by atomic mass is 9.86. The van der Waals surface area contributed by atoms with Gasteiger partial charge in [0.15, 0.2) is 5.82 Å². The number of benzene rings is 2. The van der Waals surface area contributed by atoms with Crippen molar-refractivity contribution >= 4 is 11.8 Å². The number of fused-ring (bicyclic) bond motifs is 1. The van der Waals surface area contributed by atoms with Crippen molar-refractivity contribution in [3.63, 3.8) is 0 Å². The van der Waals surface area contributed by atoms with Crippen LogP contribution in [0.2, 0.25) is 0 Å². The van der Waals surface area contributed by atoms with Crippen LogP contribution in [0.4, 0.5) is 0 Å². The van der Waals surface area contributed by atoms with E-state index in [1.807, 2.05) is 24.3 Å². The van der Waals surface area contributed by atoms with E-state index in [9.17, 15) is 14.7 Å². The van der Waals surface area contributed by atoms with Gasteiger partial charge in [-0.15, -0.1) is 10.2 Å². The first-order chi connectivity index (χ1) is 15.7. The van der Waals surface area contributed by atoms with Crippen molar-refractivity contribution in [1.82, 2.24) is 25.1 Å². The van der Waals surface area contributed by atoms with Gasteiger partial charge in [0.25, 0.3) is 11.8 Å². The summed E-state index contributed by atoms with van der Waals surface area (Å²) in [6.45, 7) is 6.67. The summed E-state index contributed by atoms with van der Waals surface area (Å²) in [6, 6.07) is 14.5. The molecule has 9 heteroatoms. The lowest BCUT2D eigenvalue weighted by Gasteiger charge is -2.23. The zero-order valence-corrected chi connectivity index (χ0v) is 18.9. The van der Waals surface area contributed by atoms with Crippen LogP contribution in [-0.2, 0) is 18.4 Å². The lowest BCUT2D eigenvalue weighted by Crippen LogP contribution is -2.32. The Morgan fingerprint density at radius 2 is 1.64 bits per heavy atom. The number of aliphatic hydroxyl groups excluding tert-OH is 1. The average Bonchev–Trinajstić information content (AvgIpc) is 3.33. The molecule has 0 saturated carbocycles. The number of aromatic nitrogens is 4. The molecule has 1 aliphatic rings. The Bertz CT molecular complexity index is 1130. The molecule has 0 unspecified atom stereocenters. The Kier molecular flexibility index (Phi) is 6.24. The Labute approximate surface area is 192 Å². The van der Waals surface area contributed by atoms with Crippen LogP contribution in [0.15, 0.2) is 48.5 Å². The molecule has 3 aromatic rings. The van der Waals surface area contributed by atoms with Crippen molar-refractivity contribution < 1.29 is 19.4 Å². The second-order valence-electron chi connectivity index (χ2n) is 9.03. The lowest BCUT2D eigenvalue weighted by molar-refractivity contribution is 0.0655. The maximum absolute atomic E-state index is 12.5. The minimum absolute atomic E-state index is 0.0800. The fourth-order valence-corrected chi connectivity index (χ4v) is 3.75. The minimum atomic E-state index is -0.837. The fraction of sp³-hybridized carbons (Fsp3) is 0.375. The van der Waals surface area contributed by atoms with Crippen LogP contribution in [-0.4, -0.2) is 61.3 Å². The highest BCUT2D eigenvalue weighted by atomic mass is 16.5. The molecule has 1 aliphatic heterocycles. The van der Waals surface area contributed by atoms with Crippen LogP contribution < -0.4 is 4.74 Å². The highest BCUT2D eigenvalue weighted by molar-refractivity contribution is 6.21. The van der Waals surface area contributed by atoms with Gasteiger partial charge in [0.1, 0.15) is 18.5 Å². The van der Waals surface area contributed by atoms with Crippen LogP contribution >= 0.6 is 0 Å². The van der Waals surface area contributed by atoms with E-state index in [1.165, 1.54) is 9.70 Å². The zero-order chi connectivity index (χ0) is 23.6. The molecular weight excluding hydrogens is 422 g/mol. The summed E-state index contributed by atoms with van der Waals surface area (Å²) < 4.78 is 5.85. The van der Waals surface area contributed by atoms with Crippen molar-refractivity contribution in [2.24, 2.45) is 0 Å². The van der Waals surface area contributed by atoms with Crippen molar-refractivity contribution in [3.8, 4) is 5.75 Å². The number of para-hydroxylation sites is 1. The molecule has 0 bridgehead atoms. The molecular formula is C24H27N5O4. The third-order valence-corrected chi connectivity index (χ3v) is 5.43. The first-order valence-corrected chi connectivity index (χ1v) is 10.9. The number of tetrazole rings is 1. The van der Waals surface area contributed by atoms with Gasteiger partial charge in [-0.1, -0.05) is 51.1 Å². The number of rotatable bonds is 8. The summed E-state index contributed by atoms with van der Waals surface area (Å²) in [5.74, 6) is 0.493. The number of hydrogen-bond acceptors (Lipinski definition) is 7. The first kappa shape index (κ1) is 22.6. The number of carbonyl (C=O) groups excluding carboxylic acids is 2. The van der Waals surface area contributed by atoms with E-state index >= 15 is 0 Å². The molecule has 172 valence electrons. The van der Waals surface area contributed by atoms with Crippen molar-refractivity contribution in [3.05, 3.63) is 71.0 Å². The predicted octanol–water partition coefficient (Wildman–Crippen LogP) is 2.25. The van der Waals surface area contributed by atoms with E-state index in [0.717, 1.165) is 11.3 Å². The largest absolute Gasteiger partial charge is 0.491 e. The molecule has 0 fully saturated rings.